The fourth-order valence-corrected chi connectivity index (χ4v) is 1.67. The van der Waals surface area contributed by atoms with Gasteiger partial charge in [0.2, 0.25) is 5.91 Å². The zero-order chi connectivity index (χ0) is 15.2. The van der Waals surface area contributed by atoms with Gasteiger partial charge in [0.25, 0.3) is 0 Å². The predicted octanol–water partition coefficient (Wildman–Crippen LogP) is 2.22. The van der Waals surface area contributed by atoms with Gasteiger partial charge >= 0.3 is 0 Å². The van der Waals surface area contributed by atoms with Crippen molar-refractivity contribution in [3.8, 4) is 11.8 Å². The van der Waals surface area contributed by atoms with E-state index in [4.69, 9.17) is 5.11 Å². The largest absolute Gasteiger partial charge is 0.384 e. The highest BCUT2D eigenvalue weighted by atomic mass is 19.1. The number of carbonyl (C=O) groups is 1. The molecule has 108 valence electrons. The van der Waals surface area contributed by atoms with Crippen LogP contribution in [0.5, 0.6) is 0 Å². The quantitative estimate of drug-likeness (QED) is 0.832. The van der Waals surface area contributed by atoms with Gasteiger partial charge in [-0.05, 0) is 23.6 Å². The first-order valence-electron chi connectivity index (χ1n) is 6.47. The van der Waals surface area contributed by atoms with E-state index in [2.05, 4.69) is 17.2 Å². The molecule has 0 saturated carbocycles. The summed E-state index contributed by atoms with van der Waals surface area (Å²) in [7, 11) is 0. The maximum absolute atomic E-state index is 13.6. The van der Waals surface area contributed by atoms with Crippen LogP contribution in [0, 0.1) is 23.1 Å². The second-order valence-electron chi connectivity index (χ2n) is 5.78. The van der Waals surface area contributed by atoms with Crippen LogP contribution < -0.4 is 5.32 Å². The van der Waals surface area contributed by atoms with E-state index in [1.54, 1.807) is 12.1 Å². The fraction of sp³-hybridized carbons (Fsp3) is 0.438. The molecule has 0 spiro atoms. The third-order valence-electron chi connectivity index (χ3n) is 2.52. The van der Waals surface area contributed by atoms with E-state index >= 15 is 0 Å². The van der Waals surface area contributed by atoms with Gasteiger partial charge in [0.05, 0.1) is 0 Å². The summed E-state index contributed by atoms with van der Waals surface area (Å²) >= 11 is 0. The van der Waals surface area contributed by atoms with Crippen LogP contribution in [0.4, 0.5) is 4.39 Å². The Morgan fingerprint density at radius 3 is 2.70 bits per heavy atom. The lowest BCUT2D eigenvalue weighted by molar-refractivity contribution is -0.122. The van der Waals surface area contributed by atoms with Gasteiger partial charge in [0.1, 0.15) is 12.4 Å². The maximum Gasteiger partial charge on any atom is 0.220 e. The van der Waals surface area contributed by atoms with Crippen LogP contribution in [-0.4, -0.2) is 17.6 Å². The van der Waals surface area contributed by atoms with Crippen LogP contribution in [0.3, 0.4) is 0 Å². The first-order valence-corrected chi connectivity index (χ1v) is 6.47. The van der Waals surface area contributed by atoms with E-state index < -0.39 is 0 Å². The van der Waals surface area contributed by atoms with Gasteiger partial charge in [-0.15, -0.1) is 0 Å². The van der Waals surface area contributed by atoms with Crippen LogP contribution in [-0.2, 0) is 11.3 Å². The minimum absolute atomic E-state index is 0.100. The van der Waals surface area contributed by atoms with E-state index in [0.29, 0.717) is 17.5 Å². The summed E-state index contributed by atoms with van der Waals surface area (Å²) in [6.07, 6.45) is 0.388. The Balaban J connectivity index is 2.70. The Morgan fingerprint density at radius 1 is 1.40 bits per heavy atom. The number of hydrogen-bond acceptors (Lipinski definition) is 2. The van der Waals surface area contributed by atoms with Gasteiger partial charge in [-0.2, -0.15) is 0 Å². The zero-order valence-electron chi connectivity index (χ0n) is 12.1. The number of aliphatic hydroxyl groups excluding tert-OH is 1. The van der Waals surface area contributed by atoms with Crippen molar-refractivity contribution in [2.75, 3.05) is 6.61 Å². The molecular weight excluding hydrogens is 257 g/mol. The number of carbonyl (C=O) groups excluding carboxylic acids is 1. The van der Waals surface area contributed by atoms with Crippen molar-refractivity contribution in [2.24, 2.45) is 5.41 Å². The van der Waals surface area contributed by atoms with Crippen molar-refractivity contribution in [3.05, 3.63) is 35.1 Å². The van der Waals surface area contributed by atoms with E-state index in [9.17, 15) is 9.18 Å². The lowest BCUT2D eigenvalue weighted by Crippen LogP contribution is -2.27. The Kier molecular flexibility index (Phi) is 5.72. The molecule has 1 rings (SSSR count). The molecule has 0 aliphatic carbocycles. The molecule has 1 aromatic rings. The van der Waals surface area contributed by atoms with Gasteiger partial charge in [0.15, 0.2) is 0 Å². The predicted molar refractivity (Wildman–Crippen MR) is 76.3 cm³/mol. The molecule has 0 fully saturated rings. The number of nitrogens with one attached hydrogen (secondary N) is 1. The summed E-state index contributed by atoms with van der Waals surface area (Å²) in [6.45, 7) is 5.80. The Labute approximate surface area is 119 Å². The third-order valence-corrected chi connectivity index (χ3v) is 2.52. The molecule has 0 radical (unpaired) electrons. The van der Waals surface area contributed by atoms with Gasteiger partial charge in [-0.3, -0.25) is 4.79 Å². The van der Waals surface area contributed by atoms with Crippen LogP contribution >= 0.6 is 0 Å². The molecule has 1 amide bonds. The highest BCUT2D eigenvalue weighted by molar-refractivity contribution is 5.76. The monoisotopic (exact) mass is 277 g/mol. The Morgan fingerprint density at radius 2 is 2.10 bits per heavy atom. The molecule has 2 N–H and O–H groups in total. The number of hydrogen-bond donors (Lipinski definition) is 2. The summed E-state index contributed by atoms with van der Waals surface area (Å²) < 4.78 is 13.6. The lowest BCUT2D eigenvalue weighted by atomic mass is 9.92. The first-order chi connectivity index (χ1) is 9.31. The summed E-state index contributed by atoms with van der Waals surface area (Å²) in [5.41, 5.74) is 0.898. The van der Waals surface area contributed by atoms with Gasteiger partial charge in [-0.1, -0.05) is 32.6 Å². The number of benzene rings is 1. The van der Waals surface area contributed by atoms with Crippen molar-refractivity contribution in [3.63, 3.8) is 0 Å². The average Bonchev–Trinajstić information content (AvgIpc) is 2.34. The first kappa shape index (κ1) is 16.2. The minimum atomic E-state index is -0.379. The Bertz CT molecular complexity index is 536. The molecule has 0 unspecified atom stereocenters. The standard InChI is InChI=1S/C16H20FNO2/c1-16(2,3)10-15(20)18-11-13-9-12(5-4-8-19)6-7-14(13)17/h6-7,9,19H,8,10-11H2,1-3H3,(H,18,20). The molecule has 0 aliphatic rings. The van der Waals surface area contributed by atoms with Gasteiger partial charge < -0.3 is 10.4 Å². The van der Waals surface area contributed by atoms with E-state index in [1.807, 2.05) is 20.8 Å². The van der Waals surface area contributed by atoms with Gasteiger partial charge in [0, 0.05) is 24.1 Å². The van der Waals surface area contributed by atoms with Crippen molar-refractivity contribution in [1.82, 2.24) is 5.32 Å². The second-order valence-corrected chi connectivity index (χ2v) is 5.78. The van der Waals surface area contributed by atoms with Crippen LogP contribution in [0.1, 0.15) is 38.3 Å². The van der Waals surface area contributed by atoms with Crippen LogP contribution in [0.2, 0.25) is 0 Å². The van der Waals surface area contributed by atoms with E-state index in [0.717, 1.165) is 0 Å². The Hall–Kier alpha value is -1.86. The van der Waals surface area contributed by atoms with E-state index in [-0.39, 0.29) is 30.3 Å². The smallest absolute Gasteiger partial charge is 0.220 e. The highest BCUT2D eigenvalue weighted by Crippen LogP contribution is 2.18. The molecule has 0 saturated heterocycles. The zero-order valence-corrected chi connectivity index (χ0v) is 12.1. The van der Waals surface area contributed by atoms with Crippen molar-refractivity contribution in [1.29, 1.82) is 0 Å². The third kappa shape index (κ3) is 5.85. The number of amides is 1. The summed E-state index contributed by atoms with van der Waals surface area (Å²) in [4.78, 5) is 11.7. The van der Waals surface area contributed by atoms with Crippen molar-refractivity contribution >= 4 is 5.91 Å². The number of aliphatic hydroxyl groups is 1. The van der Waals surface area contributed by atoms with Crippen LogP contribution in [0.15, 0.2) is 18.2 Å². The van der Waals surface area contributed by atoms with Crippen molar-refractivity contribution in [2.45, 2.75) is 33.7 Å². The maximum atomic E-state index is 13.6. The van der Waals surface area contributed by atoms with Gasteiger partial charge in [-0.25, -0.2) is 4.39 Å². The average molecular weight is 277 g/mol. The number of halogens is 1. The summed E-state index contributed by atoms with van der Waals surface area (Å²) in [6, 6.07) is 4.43. The molecule has 0 atom stereocenters. The fourth-order valence-electron chi connectivity index (χ4n) is 1.67. The number of rotatable bonds is 3. The lowest BCUT2D eigenvalue weighted by Gasteiger charge is -2.17. The summed E-state index contributed by atoms with van der Waals surface area (Å²) in [5, 5.41) is 11.3. The minimum Gasteiger partial charge on any atom is -0.384 e. The highest BCUT2D eigenvalue weighted by Gasteiger charge is 2.15. The molecule has 1 aromatic carbocycles. The summed E-state index contributed by atoms with van der Waals surface area (Å²) in [5.74, 6) is 4.72. The second kappa shape index (κ2) is 7.06. The molecule has 3 nitrogen and oxygen atoms in total. The molecule has 20 heavy (non-hydrogen) atoms. The molecule has 0 bridgehead atoms. The van der Waals surface area contributed by atoms with Crippen LogP contribution in [0.25, 0.3) is 0 Å². The topological polar surface area (TPSA) is 49.3 Å². The molecule has 0 aliphatic heterocycles. The molecule has 0 heterocycles. The molecule has 0 aromatic heterocycles. The SMILES string of the molecule is CC(C)(C)CC(=O)NCc1cc(C#CCO)ccc1F. The molecule has 4 heteroatoms. The molecular formula is C16H20FNO2. The van der Waals surface area contributed by atoms with E-state index in [1.165, 1.54) is 6.07 Å². The van der Waals surface area contributed by atoms with Crippen molar-refractivity contribution < 1.29 is 14.3 Å². The normalized spacial score (nSPS) is 10.7.